The van der Waals surface area contributed by atoms with E-state index in [4.69, 9.17) is 0 Å². The van der Waals surface area contributed by atoms with Crippen LogP contribution in [0.25, 0.3) is 0 Å². The standard InChI is InChI=1S/C15H20FNO2/c1-15(2,3)17-8-12(13(9-17)14(18)19)10-4-6-11(16)7-5-10/h4-7,12-13H,8-9H2,1-3H3,(H,18,19)/t12-,13+/m0/s1. The second-order valence-electron chi connectivity index (χ2n) is 6.18. The third-order valence-corrected chi connectivity index (χ3v) is 3.88. The van der Waals surface area contributed by atoms with E-state index in [1.807, 2.05) is 0 Å². The molecule has 0 bridgehead atoms. The van der Waals surface area contributed by atoms with Crippen molar-refractivity contribution in [2.24, 2.45) is 5.92 Å². The van der Waals surface area contributed by atoms with E-state index in [0.29, 0.717) is 13.1 Å². The Labute approximate surface area is 113 Å². The molecule has 1 N–H and O–H groups in total. The van der Waals surface area contributed by atoms with Crippen LogP contribution in [0.5, 0.6) is 0 Å². The van der Waals surface area contributed by atoms with E-state index in [1.54, 1.807) is 12.1 Å². The number of hydrogen-bond acceptors (Lipinski definition) is 2. The summed E-state index contributed by atoms with van der Waals surface area (Å²) in [6.07, 6.45) is 0. The highest BCUT2D eigenvalue weighted by Crippen LogP contribution is 2.36. The van der Waals surface area contributed by atoms with Gasteiger partial charge < -0.3 is 5.11 Å². The Hall–Kier alpha value is -1.42. The molecule has 2 rings (SSSR count). The van der Waals surface area contributed by atoms with Crippen LogP contribution in [0.4, 0.5) is 4.39 Å². The Morgan fingerprint density at radius 1 is 1.26 bits per heavy atom. The maximum absolute atomic E-state index is 13.0. The largest absolute Gasteiger partial charge is 0.481 e. The quantitative estimate of drug-likeness (QED) is 0.894. The van der Waals surface area contributed by atoms with Crippen LogP contribution in [0.3, 0.4) is 0 Å². The van der Waals surface area contributed by atoms with Crippen molar-refractivity contribution in [1.82, 2.24) is 4.90 Å². The molecule has 1 aromatic carbocycles. The smallest absolute Gasteiger partial charge is 0.308 e. The monoisotopic (exact) mass is 265 g/mol. The van der Waals surface area contributed by atoms with Crippen LogP contribution in [0.15, 0.2) is 24.3 Å². The van der Waals surface area contributed by atoms with Crippen LogP contribution in [0, 0.1) is 11.7 Å². The number of carboxylic acids is 1. The van der Waals surface area contributed by atoms with Crippen LogP contribution < -0.4 is 0 Å². The number of rotatable bonds is 2. The van der Waals surface area contributed by atoms with Gasteiger partial charge in [0, 0.05) is 24.5 Å². The number of carboxylic acid groups (broad SMARTS) is 1. The van der Waals surface area contributed by atoms with Crippen molar-refractivity contribution in [3.8, 4) is 0 Å². The van der Waals surface area contributed by atoms with Gasteiger partial charge in [-0.1, -0.05) is 12.1 Å². The summed E-state index contributed by atoms with van der Waals surface area (Å²) in [5.74, 6) is -1.57. The summed E-state index contributed by atoms with van der Waals surface area (Å²) in [5, 5.41) is 9.38. The summed E-state index contributed by atoms with van der Waals surface area (Å²) < 4.78 is 13.0. The van der Waals surface area contributed by atoms with Crippen molar-refractivity contribution in [3.63, 3.8) is 0 Å². The molecule has 1 saturated heterocycles. The lowest BCUT2D eigenvalue weighted by Crippen LogP contribution is -2.40. The van der Waals surface area contributed by atoms with Gasteiger partial charge >= 0.3 is 5.97 Å². The van der Waals surface area contributed by atoms with Crippen LogP contribution in [-0.4, -0.2) is 34.6 Å². The summed E-state index contributed by atoms with van der Waals surface area (Å²) in [7, 11) is 0. The highest BCUT2D eigenvalue weighted by Gasteiger charge is 2.41. The summed E-state index contributed by atoms with van der Waals surface area (Å²) in [6, 6.07) is 6.19. The molecule has 1 aliphatic heterocycles. The number of carbonyl (C=O) groups is 1. The zero-order valence-electron chi connectivity index (χ0n) is 11.6. The van der Waals surface area contributed by atoms with E-state index in [2.05, 4.69) is 25.7 Å². The molecule has 0 unspecified atom stereocenters. The van der Waals surface area contributed by atoms with Crippen molar-refractivity contribution in [3.05, 3.63) is 35.6 Å². The topological polar surface area (TPSA) is 40.5 Å². The Bertz CT molecular complexity index is 464. The van der Waals surface area contributed by atoms with Gasteiger partial charge in [0.1, 0.15) is 5.82 Å². The van der Waals surface area contributed by atoms with Gasteiger partial charge in [0.15, 0.2) is 0 Å². The van der Waals surface area contributed by atoms with Gasteiger partial charge in [0.25, 0.3) is 0 Å². The fourth-order valence-corrected chi connectivity index (χ4v) is 2.65. The minimum atomic E-state index is -0.777. The molecule has 3 nitrogen and oxygen atoms in total. The molecule has 4 heteroatoms. The average Bonchev–Trinajstić information content (AvgIpc) is 2.74. The van der Waals surface area contributed by atoms with Gasteiger partial charge in [0.05, 0.1) is 5.92 Å². The Kier molecular flexibility index (Phi) is 3.63. The maximum Gasteiger partial charge on any atom is 0.308 e. The highest BCUT2D eigenvalue weighted by molar-refractivity contribution is 5.72. The van der Waals surface area contributed by atoms with E-state index in [1.165, 1.54) is 12.1 Å². The molecule has 0 aromatic heterocycles. The molecule has 0 aliphatic carbocycles. The lowest BCUT2D eigenvalue weighted by molar-refractivity contribution is -0.141. The Balaban J connectivity index is 2.27. The first-order valence-electron chi connectivity index (χ1n) is 6.52. The van der Waals surface area contributed by atoms with E-state index in [9.17, 15) is 14.3 Å². The van der Waals surface area contributed by atoms with E-state index >= 15 is 0 Å². The number of aliphatic carboxylic acids is 1. The van der Waals surface area contributed by atoms with E-state index in [-0.39, 0.29) is 17.3 Å². The van der Waals surface area contributed by atoms with Crippen LogP contribution in [0.1, 0.15) is 32.3 Å². The second kappa shape index (κ2) is 4.93. The normalized spacial score (nSPS) is 24.6. The van der Waals surface area contributed by atoms with Gasteiger partial charge in [0.2, 0.25) is 0 Å². The van der Waals surface area contributed by atoms with Gasteiger partial charge in [-0.25, -0.2) is 4.39 Å². The van der Waals surface area contributed by atoms with Crippen molar-refractivity contribution < 1.29 is 14.3 Å². The highest BCUT2D eigenvalue weighted by atomic mass is 19.1. The Morgan fingerprint density at radius 3 is 2.32 bits per heavy atom. The number of benzene rings is 1. The lowest BCUT2D eigenvalue weighted by Gasteiger charge is -2.31. The molecule has 19 heavy (non-hydrogen) atoms. The molecular formula is C15H20FNO2. The first-order valence-corrected chi connectivity index (χ1v) is 6.52. The molecule has 0 saturated carbocycles. The SMILES string of the molecule is CC(C)(C)N1C[C@@H](C(=O)O)[C@H](c2ccc(F)cc2)C1. The number of hydrogen-bond donors (Lipinski definition) is 1. The van der Waals surface area contributed by atoms with Crippen LogP contribution >= 0.6 is 0 Å². The fourth-order valence-electron chi connectivity index (χ4n) is 2.65. The molecule has 104 valence electrons. The van der Waals surface area contributed by atoms with Crippen molar-refractivity contribution in [2.75, 3.05) is 13.1 Å². The number of nitrogens with zero attached hydrogens (tertiary/aromatic N) is 1. The first-order chi connectivity index (χ1) is 8.79. The maximum atomic E-state index is 13.0. The zero-order valence-corrected chi connectivity index (χ0v) is 11.6. The van der Waals surface area contributed by atoms with Gasteiger partial charge in [-0.05, 0) is 38.5 Å². The minimum absolute atomic E-state index is 0.0531. The van der Waals surface area contributed by atoms with Crippen LogP contribution in [-0.2, 0) is 4.79 Å². The van der Waals surface area contributed by atoms with Gasteiger partial charge in [-0.2, -0.15) is 0 Å². The third-order valence-electron chi connectivity index (χ3n) is 3.88. The van der Waals surface area contributed by atoms with E-state index in [0.717, 1.165) is 5.56 Å². The van der Waals surface area contributed by atoms with Gasteiger partial charge in [-0.15, -0.1) is 0 Å². The third kappa shape index (κ3) is 2.95. The molecular weight excluding hydrogens is 245 g/mol. The predicted molar refractivity (Wildman–Crippen MR) is 71.6 cm³/mol. The van der Waals surface area contributed by atoms with Gasteiger partial charge in [-0.3, -0.25) is 9.69 Å². The molecule has 1 aromatic rings. The first kappa shape index (κ1) is 14.0. The summed E-state index contributed by atoms with van der Waals surface area (Å²) in [4.78, 5) is 13.6. The van der Waals surface area contributed by atoms with Crippen molar-refractivity contribution in [1.29, 1.82) is 0 Å². The summed E-state index contributed by atoms with van der Waals surface area (Å²) in [6.45, 7) is 7.49. The number of halogens is 1. The molecule has 0 radical (unpaired) electrons. The molecule has 0 amide bonds. The van der Waals surface area contributed by atoms with Crippen molar-refractivity contribution >= 4 is 5.97 Å². The molecule has 1 aliphatic rings. The Morgan fingerprint density at radius 2 is 1.84 bits per heavy atom. The second-order valence-corrected chi connectivity index (χ2v) is 6.18. The van der Waals surface area contributed by atoms with E-state index < -0.39 is 11.9 Å². The number of likely N-dealkylation sites (tertiary alicyclic amines) is 1. The summed E-state index contributed by atoms with van der Waals surface area (Å²) in [5.41, 5.74) is 0.850. The minimum Gasteiger partial charge on any atom is -0.481 e. The molecule has 0 spiro atoms. The molecule has 1 heterocycles. The zero-order chi connectivity index (χ0) is 14.2. The summed E-state index contributed by atoms with van der Waals surface area (Å²) >= 11 is 0. The predicted octanol–water partition coefficient (Wildman–Crippen LogP) is 2.72. The lowest BCUT2D eigenvalue weighted by atomic mass is 9.89. The van der Waals surface area contributed by atoms with Crippen LogP contribution in [0.2, 0.25) is 0 Å². The molecule has 1 fully saturated rings. The van der Waals surface area contributed by atoms with Crippen molar-refractivity contribution in [2.45, 2.75) is 32.2 Å². The average molecular weight is 265 g/mol. The fraction of sp³-hybridized carbons (Fsp3) is 0.533. The molecule has 2 atom stereocenters.